The average Bonchev–Trinajstić information content (AvgIpc) is 3.13. The molecule has 8 nitrogen and oxygen atoms in total. The first kappa shape index (κ1) is 19.0. The smallest absolute Gasteiger partial charge is 0.293 e. The topological polar surface area (TPSA) is 113 Å². The van der Waals surface area contributed by atoms with Crippen LogP contribution >= 0.6 is 0 Å². The van der Waals surface area contributed by atoms with Crippen LogP contribution in [-0.4, -0.2) is 27.0 Å². The Labute approximate surface area is 171 Å². The maximum atomic E-state index is 12.9. The fourth-order valence-corrected chi connectivity index (χ4v) is 3.31. The highest BCUT2D eigenvalue weighted by molar-refractivity contribution is 6.11. The first-order valence-electron chi connectivity index (χ1n) is 9.14. The van der Waals surface area contributed by atoms with Crippen LogP contribution in [-0.2, 0) is 0 Å². The van der Waals surface area contributed by atoms with Gasteiger partial charge in [-0.25, -0.2) is 5.43 Å². The van der Waals surface area contributed by atoms with Crippen molar-refractivity contribution >= 4 is 28.7 Å². The van der Waals surface area contributed by atoms with E-state index in [1.54, 1.807) is 31.5 Å². The van der Waals surface area contributed by atoms with Gasteiger partial charge in [0.2, 0.25) is 0 Å². The number of benzene rings is 2. The Bertz CT molecular complexity index is 1260. The maximum absolute atomic E-state index is 12.9. The van der Waals surface area contributed by atoms with E-state index in [1.807, 2.05) is 36.4 Å². The molecule has 8 heteroatoms. The highest BCUT2D eigenvalue weighted by Crippen LogP contribution is 2.37. The Kier molecular flexibility index (Phi) is 5.04. The molecule has 4 aromatic rings. The number of hydrazone groups is 1. The second kappa shape index (κ2) is 7.96. The molecule has 0 spiro atoms. The van der Waals surface area contributed by atoms with Crippen LogP contribution in [0.15, 0.2) is 72.1 Å². The summed E-state index contributed by atoms with van der Waals surface area (Å²) in [4.78, 5) is 30.9. The number of H-pyrrole nitrogens is 1. The van der Waals surface area contributed by atoms with Crippen LogP contribution in [0.5, 0.6) is 0 Å². The minimum atomic E-state index is -0.498. The van der Waals surface area contributed by atoms with E-state index in [-0.39, 0.29) is 11.4 Å². The number of nitro benzene ring substituents is 1. The Morgan fingerprint density at radius 3 is 2.60 bits per heavy atom. The number of aromatic amines is 1. The van der Waals surface area contributed by atoms with Crippen molar-refractivity contribution in [1.82, 2.24) is 15.4 Å². The van der Waals surface area contributed by atoms with Crippen molar-refractivity contribution in [2.45, 2.75) is 6.92 Å². The third-order valence-corrected chi connectivity index (χ3v) is 4.60. The lowest BCUT2D eigenvalue weighted by Crippen LogP contribution is -2.18. The molecule has 2 heterocycles. The van der Waals surface area contributed by atoms with Gasteiger partial charge in [0, 0.05) is 29.4 Å². The van der Waals surface area contributed by atoms with Crippen LogP contribution in [0.1, 0.15) is 21.6 Å². The molecule has 4 rings (SSSR count). The first-order chi connectivity index (χ1) is 14.5. The van der Waals surface area contributed by atoms with Crippen molar-refractivity contribution in [1.29, 1.82) is 0 Å². The molecule has 0 fully saturated rings. The number of aryl methyl sites for hydroxylation is 1. The van der Waals surface area contributed by atoms with Crippen molar-refractivity contribution in [3.8, 4) is 11.1 Å². The first-order valence-corrected chi connectivity index (χ1v) is 9.14. The van der Waals surface area contributed by atoms with Crippen LogP contribution in [0.25, 0.3) is 22.0 Å². The monoisotopic (exact) mass is 399 g/mol. The summed E-state index contributed by atoms with van der Waals surface area (Å²) in [5, 5.41) is 16.2. The largest absolute Gasteiger partial charge is 0.344 e. The second-order valence-electron chi connectivity index (χ2n) is 6.68. The maximum Gasteiger partial charge on any atom is 0.293 e. The molecule has 0 aliphatic heterocycles. The van der Waals surface area contributed by atoms with E-state index >= 15 is 0 Å². The lowest BCUT2D eigenvalue weighted by Gasteiger charge is -2.04. The fourth-order valence-electron chi connectivity index (χ4n) is 3.31. The van der Waals surface area contributed by atoms with Crippen LogP contribution in [0.4, 0.5) is 5.69 Å². The van der Waals surface area contributed by atoms with E-state index < -0.39 is 10.8 Å². The SMILES string of the molecule is Cc1cc([N+](=O)[O-])c2[nH]c(C(=O)NN=Cc3ccncc3)c(-c3ccccc3)c2c1. The van der Waals surface area contributed by atoms with Crippen molar-refractivity contribution in [2.75, 3.05) is 0 Å². The van der Waals surface area contributed by atoms with Gasteiger partial charge in [0.1, 0.15) is 11.2 Å². The van der Waals surface area contributed by atoms with Crippen molar-refractivity contribution in [3.63, 3.8) is 0 Å². The van der Waals surface area contributed by atoms with Crippen molar-refractivity contribution < 1.29 is 9.72 Å². The van der Waals surface area contributed by atoms with E-state index in [2.05, 4.69) is 20.5 Å². The average molecular weight is 399 g/mol. The van der Waals surface area contributed by atoms with E-state index in [0.29, 0.717) is 16.5 Å². The molecule has 2 aromatic heterocycles. The Balaban J connectivity index is 1.82. The number of hydrogen-bond donors (Lipinski definition) is 2. The van der Waals surface area contributed by atoms with Crippen LogP contribution in [0.2, 0.25) is 0 Å². The Hall–Kier alpha value is -4.33. The number of non-ortho nitro benzene ring substituents is 1. The van der Waals surface area contributed by atoms with Crippen molar-refractivity contribution in [3.05, 3.63) is 93.9 Å². The lowest BCUT2D eigenvalue weighted by atomic mass is 10.00. The van der Waals surface area contributed by atoms with E-state index in [1.165, 1.54) is 12.3 Å². The van der Waals surface area contributed by atoms with Gasteiger partial charge in [-0.2, -0.15) is 5.10 Å². The third-order valence-electron chi connectivity index (χ3n) is 4.60. The van der Waals surface area contributed by atoms with Gasteiger partial charge < -0.3 is 4.98 Å². The molecule has 148 valence electrons. The number of amides is 1. The second-order valence-corrected chi connectivity index (χ2v) is 6.68. The molecule has 0 saturated carbocycles. The lowest BCUT2D eigenvalue weighted by molar-refractivity contribution is -0.383. The standard InChI is InChI=1S/C22H17N5O3/c1-14-11-17-19(16-5-3-2-4-6-16)21(25-20(17)18(12-14)27(29)30)22(28)26-24-13-15-7-9-23-10-8-15/h2-13,25H,1H3,(H,26,28). The summed E-state index contributed by atoms with van der Waals surface area (Å²) < 4.78 is 0. The number of fused-ring (bicyclic) bond motifs is 1. The molecule has 0 bridgehead atoms. The number of hydrogen-bond acceptors (Lipinski definition) is 5. The molecule has 0 saturated heterocycles. The molecule has 0 atom stereocenters. The molecule has 0 aliphatic carbocycles. The van der Waals surface area contributed by atoms with Gasteiger partial charge in [-0.3, -0.25) is 19.9 Å². The van der Waals surface area contributed by atoms with E-state index in [9.17, 15) is 14.9 Å². The van der Waals surface area contributed by atoms with Crippen LogP contribution in [0.3, 0.4) is 0 Å². The summed E-state index contributed by atoms with van der Waals surface area (Å²) in [5.74, 6) is -0.498. The number of nitrogens with zero attached hydrogens (tertiary/aromatic N) is 3. The number of pyridine rings is 1. The summed E-state index contributed by atoms with van der Waals surface area (Å²) in [7, 11) is 0. The normalized spacial score (nSPS) is 11.1. The number of carbonyl (C=O) groups is 1. The van der Waals surface area contributed by atoms with Gasteiger partial charge >= 0.3 is 0 Å². The van der Waals surface area contributed by atoms with Gasteiger partial charge in [0.15, 0.2) is 0 Å². The molecule has 0 radical (unpaired) electrons. The number of carbonyl (C=O) groups excluding carboxylic acids is 1. The Morgan fingerprint density at radius 1 is 1.17 bits per heavy atom. The summed E-state index contributed by atoms with van der Waals surface area (Å²) in [6.07, 6.45) is 4.74. The van der Waals surface area contributed by atoms with Crippen LogP contribution < -0.4 is 5.43 Å². The zero-order valence-electron chi connectivity index (χ0n) is 16.0. The summed E-state index contributed by atoms with van der Waals surface area (Å²) in [6.45, 7) is 1.78. The Morgan fingerprint density at radius 2 is 1.90 bits per heavy atom. The fraction of sp³-hybridized carbons (Fsp3) is 0.0455. The van der Waals surface area contributed by atoms with Gasteiger partial charge in [-0.15, -0.1) is 0 Å². The highest BCUT2D eigenvalue weighted by Gasteiger charge is 2.24. The minimum absolute atomic E-state index is 0.0819. The molecule has 1 amide bonds. The van der Waals surface area contributed by atoms with Gasteiger partial charge in [0.25, 0.3) is 11.6 Å². The number of rotatable bonds is 5. The van der Waals surface area contributed by atoms with Crippen molar-refractivity contribution in [2.24, 2.45) is 5.10 Å². The highest BCUT2D eigenvalue weighted by atomic mass is 16.6. The third kappa shape index (κ3) is 3.66. The minimum Gasteiger partial charge on any atom is -0.344 e. The molecular weight excluding hydrogens is 382 g/mol. The van der Waals surface area contributed by atoms with Gasteiger partial charge in [0.05, 0.1) is 11.1 Å². The number of aromatic nitrogens is 2. The predicted octanol–water partition coefficient (Wildman–Crippen LogP) is 4.21. The van der Waals surface area contributed by atoms with E-state index in [4.69, 9.17) is 0 Å². The number of nitro groups is 1. The predicted molar refractivity (Wildman–Crippen MR) is 114 cm³/mol. The van der Waals surface area contributed by atoms with Crippen LogP contribution in [0, 0.1) is 17.0 Å². The zero-order valence-corrected chi connectivity index (χ0v) is 16.0. The molecule has 0 aliphatic rings. The summed E-state index contributed by atoms with van der Waals surface area (Å²) >= 11 is 0. The molecule has 0 unspecified atom stereocenters. The molecule has 2 N–H and O–H groups in total. The molecule has 30 heavy (non-hydrogen) atoms. The number of nitrogens with one attached hydrogen (secondary N) is 2. The quantitative estimate of drug-likeness (QED) is 0.297. The zero-order chi connectivity index (χ0) is 21.1. The summed E-state index contributed by atoms with van der Waals surface area (Å²) in [6, 6.07) is 16.1. The molecular formula is C22H17N5O3. The summed E-state index contributed by atoms with van der Waals surface area (Å²) in [5.41, 5.74) is 5.78. The van der Waals surface area contributed by atoms with Gasteiger partial charge in [-0.1, -0.05) is 30.3 Å². The van der Waals surface area contributed by atoms with Gasteiger partial charge in [-0.05, 0) is 41.8 Å². The molecule has 2 aromatic carbocycles. The van der Waals surface area contributed by atoms with E-state index in [0.717, 1.165) is 16.7 Å².